The molecule has 0 saturated heterocycles. The summed E-state index contributed by atoms with van der Waals surface area (Å²) < 4.78 is 2.33. The summed E-state index contributed by atoms with van der Waals surface area (Å²) in [6.07, 6.45) is 0. The molecule has 2 rings (SSSR count). The highest BCUT2D eigenvalue weighted by Crippen LogP contribution is 2.12. The van der Waals surface area contributed by atoms with Crippen LogP contribution in [0.5, 0.6) is 0 Å². The minimum atomic E-state index is 0.987. The Kier molecular flexibility index (Phi) is 3.25. The van der Waals surface area contributed by atoms with E-state index < -0.39 is 0 Å². The zero-order valence-electron chi connectivity index (χ0n) is 9.85. The SMILES string of the molecule is CCn1c(C)cccccc2ccccc21. The fourth-order valence-electron chi connectivity index (χ4n) is 1.99. The Balaban J connectivity index is 2.95. The summed E-state index contributed by atoms with van der Waals surface area (Å²) in [5, 5.41) is 1.27. The van der Waals surface area contributed by atoms with Crippen molar-refractivity contribution >= 4 is 10.9 Å². The van der Waals surface area contributed by atoms with E-state index in [-0.39, 0.29) is 0 Å². The Bertz CT molecular complexity index is 536. The van der Waals surface area contributed by atoms with Crippen molar-refractivity contribution in [1.82, 2.24) is 4.57 Å². The maximum Gasteiger partial charge on any atom is 0.0481 e. The fourth-order valence-corrected chi connectivity index (χ4v) is 1.99. The summed E-state index contributed by atoms with van der Waals surface area (Å²) in [7, 11) is 0. The summed E-state index contributed by atoms with van der Waals surface area (Å²) in [6, 6.07) is 19.0. The van der Waals surface area contributed by atoms with Crippen molar-refractivity contribution in [3.63, 3.8) is 0 Å². The number of aryl methyl sites for hydroxylation is 2. The van der Waals surface area contributed by atoms with Crippen molar-refractivity contribution in [2.24, 2.45) is 0 Å². The lowest BCUT2D eigenvalue weighted by atomic mass is 10.2. The molecule has 0 aliphatic heterocycles. The third kappa shape index (κ3) is 2.08. The smallest absolute Gasteiger partial charge is 0.0481 e. The second-order valence-corrected chi connectivity index (χ2v) is 3.86. The predicted molar refractivity (Wildman–Crippen MR) is 70.0 cm³/mol. The van der Waals surface area contributed by atoms with Gasteiger partial charge in [-0.15, -0.1) is 0 Å². The molecule has 0 amide bonds. The van der Waals surface area contributed by atoms with Crippen molar-refractivity contribution in [1.29, 1.82) is 0 Å². The molecule has 1 heterocycles. The highest BCUT2D eigenvalue weighted by atomic mass is 15.0. The molecule has 0 aliphatic carbocycles. The molecule has 0 saturated carbocycles. The van der Waals surface area contributed by atoms with Crippen molar-refractivity contribution in [3.05, 3.63) is 60.3 Å². The minimum absolute atomic E-state index is 0.987. The fraction of sp³-hybridized carbons (Fsp3) is 0.200. The zero-order chi connectivity index (χ0) is 11.4. The van der Waals surface area contributed by atoms with Crippen LogP contribution in [0.3, 0.4) is 0 Å². The Morgan fingerprint density at radius 2 is 1.50 bits per heavy atom. The van der Waals surface area contributed by atoms with Crippen LogP contribution >= 0.6 is 0 Å². The highest BCUT2D eigenvalue weighted by molar-refractivity contribution is 5.78. The van der Waals surface area contributed by atoms with E-state index in [2.05, 4.69) is 73.0 Å². The van der Waals surface area contributed by atoms with Gasteiger partial charge in [-0.2, -0.15) is 0 Å². The molecule has 0 N–H and O–H groups in total. The van der Waals surface area contributed by atoms with E-state index in [0.717, 1.165) is 6.54 Å². The van der Waals surface area contributed by atoms with Gasteiger partial charge in [-0.05, 0) is 31.4 Å². The summed E-state index contributed by atoms with van der Waals surface area (Å²) in [5.74, 6) is 0. The number of rotatable bonds is 1. The van der Waals surface area contributed by atoms with Crippen LogP contribution in [0.4, 0.5) is 0 Å². The number of aromatic nitrogens is 1. The molecule has 0 bridgehead atoms. The lowest BCUT2D eigenvalue weighted by Crippen LogP contribution is -1.99. The number of hydrogen-bond acceptors (Lipinski definition) is 0. The van der Waals surface area contributed by atoms with Gasteiger partial charge in [-0.25, -0.2) is 0 Å². The van der Waals surface area contributed by atoms with Gasteiger partial charge in [-0.3, -0.25) is 0 Å². The average molecular weight is 211 g/mol. The Morgan fingerprint density at radius 3 is 2.25 bits per heavy atom. The topological polar surface area (TPSA) is 4.93 Å². The third-order valence-electron chi connectivity index (χ3n) is 2.80. The second-order valence-electron chi connectivity index (χ2n) is 3.86. The lowest BCUT2D eigenvalue weighted by Gasteiger charge is -2.08. The van der Waals surface area contributed by atoms with Crippen LogP contribution < -0.4 is 0 Å². The first-order valence-electron chi connectivity index (χ1n) is 5.71. The van der Waals surface area contributed by atoms with Gasteiger partial charge in [0.05, 0.1) is 0 Å². The van der Waals surface area contributed by atoms with Crippen molar-refractivity contribution < 1.29 is 0 Å². The largest absolute Gasteiger partial charge is 0.345 e. The normalized spacial score (nSPS) is 10.1. The quantitative estimate of drug-likeness (QED) is 0.669. The van der Waals surface area contributed by atoms with Gasteiger partial charge >= 0.3 is 0 Å². The molecule has 0 atom stereocenters. The van der Waals surface area contributed by atoms with Gasteiger partial charge < -0.3 is 4.57 Å². The van der Waals surface area contributed by atoms with Crippen LogP contribution in [0.25, 0.3) is 10.9 Å². The van der Waals surface area contributed by atoms with E-state index in [1.807, 2.05) is 0 Å². The Labute approximate surface area is 96.7 Å². The molecule has 16 heavy (non-hydrogen) atoms. The average Bonchev–Trinajstić information content (AvgIpc) is 2.38. The van der Waals surface area contributed by atoms with Crippen LogP contribution in [-0.4, -0.2) is 4.57 Å². The molecule has 0 fully saturated rings. The molecule has 2 aromatic rings. The third-order valence-corrected chi connectivity index (χ3v) is 2.80. The number of benzene rings is 1. The van der Waals surface area contributed by atoms with Gasteiger partial charge in [0.15, 0.2) is 0 Å². The molecule has 1 aromatic heterocycles. The standard InChI is InChI=1S/C15H17N/c1-3-16-13(2)9-5-4-6-10-14-11-7-8-12-15(14)16/h4-12H,3H2,1-2H3. The number of hydrogen-bond donors (Lipinski definition) is 0. The molecule has 1 aromatic carbocycles. The van der Waals surface area contributed by atoms with Gasteiger partial charge in [0, 0.05) is 17.8 Å². The number of para-hydroxylation sites is 1. The molecular weight excluding hydrogens is 194 g/mol. The zero-order valence-corrected chi connectivity index (χ0v) is 9.85. The molecule has 0 unspecified atom stereocenters. The highest BCUT2D eigenvalue weighted by Gasteiger charge is 1.94. The maximum absolute atomic E-state index is 2.33. The van der Waals surface area contributed by atoms with E-state index in [4.69, 9.17) is 0 Å². The van der Waals surface area contributed by atoms with E-state index in [9.17, 15) is 0 Å². The van der Waals surface area contributed by atoms with E-state index in [0.29, 0.717) is 0 Å². The summed E-state index contributed by atoms with van der Waals surface area (Å²) in [5.41, 5.74) is 2.55. The molecule has 0 spiro atoms. The van der Waals surface area contributed by atoms with Crippen molar-refractivity contribution in [2.75, 3.05) is 0 Å². The molecule has 1 heteroatoms. The van der Waals surface area contributed by atoms with Crippen LogP contribution in [-0.2, 0) is 6.54 Å². The van der Waals surface area contributed by atoms with Crippen LogP contribution in [0, 0.1) is 6.92 Å². The number of fused-ring (bicyclic) bond motifs is 1. The molecular formula is C15H17N. The van der Waals surface area contributed by atoms with Gasteiger partial charge in [0.1, 0.15) is 0 Å². The predicted octanol–water partition coefficient (Wildman–Crippen LogP) is 4.09. The van der Waals surface area contributed by atoms with Gasteiger partial charge in [0.2, 0.25) is 0 Å². The van der Waals surface area contributed by atoms with Crippen LogP contribution in [0.15, 0.2) is 54.6 Å². The van der Waals surface area contributed by atoms with Crippen molar-refractivity contribution in [2.45, 2.75) is 20.4 Å². The molecule has 0 aliphatic rings. The van der Waals surface area contributed by atoms with Crippen LogP contribution in [0.1, 0.15) is 12.6 Å². The maximum atomic E-state index is 2.33. The van der Waals surface area contributed by atoms with Crippen molar-refractivity contribution in [3.8, 4) is 0 Å². The summed E-state index contributed by atoms with van der Waals surface area (Å²) >= 11 is 0. The van der Waals surface area contributed by atoms with E-state index in [1.54, 1.807) is 0 Å². The van der Waals surface area contributed by atoms with Crippen LogP contribution in [0.2, 0.25) is 0 Å². The Morgan fingerprint density at radius 1 is 0.875 bits per heavy atom. The molecule has 82 valence electrons. The van der Waals surface area contributed by atoms with Gasteiger partial charge in [-0.1, -0.05) is 42.5 Å². The van der Waals surface area contributed by atoms with E-state index >= 15 is 0 Å². The van der Waals surface area contributed by atoms with E-state index in [1.165, 1.54) is 16.6 Å². The monoisotopic (exact) mass is 211 g/mol. The number of nitrogens with zero attached hydrogens (tertiary/aromatic N) is 1. The first-order chi connectivity index (χ1) is 7.83. The first kappa shape index (κ1) is 10.7. The summed E-state index contributed by atoms with van der Waals surface area (Å²) in [4.78, 5) is 0. The first-order valence-corrected chi connectivity index (χ1v) is 5.71. The lowest BCUT2D eigenvalue weighted by molar-refractivity contribution is 0.762. The Hall–Kier alpha value is -1.76. The van der Waals surface area contributed by atoms with Gasteiger partial charge in [0.25, 0.3) is 0 Å². The molecule has 1 nitrogen and oxygen atoms in total. The second kappa shape index (κ2) is 4.84. The summed E-state index contributed by atoms with van der Waals surface area (Å²) in [6.45, 7) is 5.32. The minimum Gasteiger partial charge on any atom is -0.345 e. The molecule has 0 radical (unpaired) electrons.